The van der Waals surface area contributed by atoms with E-state index in [1.165, 1.54) is 5.69 Å². The smallest absolute Gasteiger partial charge is 0.314 e. The predicted octanol–water partition coefficient (Wildman–Crippen LogP) is 1.98. The Balaban J connectivity index is 3.05. The summed E-state index contributed by atoms with van der Waals surface area (Å²) in [5, 5.41) is 0. The number of nitrogens with zero attached hydrogens (tertiary/aromatic N) is 1. The molecule has 1 aromatic carbocycles. The molecule has 0 unspecified atom stereocenters. The first-order valence-corrected chi connectivity index (χ1v) is 8.88. The molecule has 0 spiro atoms. The minimum absolute atomic E-state index is 0.0392. The molecule has 0 saturated carbocycles. The van der Waals surface area contributed by atoms with Crippen molar-refractivity contribution in [1.82, 2.24) is 0 Å². The summed E-state index contributed by atoms with van der Waals surface area (Å²) < 4.78 is 2.62. The highest BCUT2D eigenvalue weighted by molar-refractivity contribution is 6.44. The predicted molar refractivity (Wildman–Crippen MR) is 58.3 cm³/mol. The zero-order valence-electron chi connectivity index (χ0n) is 8.04. The first-order valence-electron chi connectivity index (χ1n) is 4.38. The maximum absolute atomic E-state index is 2.62. The number of para-hydroxylation sites is 1. The number of hydrogen-bond donors (Lipinski definition) is 0. The second-order valence-corrected chi connectivity index (χ2v) is 7.36. The molecule has 0 heterocycles. The highest BCUT2D eigenvalue weighted by atomic mass is 28.3. The molecule has 0 N–H and O–H groups in total. The topological polar surface area (TPSA) is 3.01 Å². The molecule has 1 rings (SSSR count). The molecule has 0 aliphatic heterocycles. The lowest BCUT2D eigenvalue weighted by Crippen LogP contribution is -2.15. The lowest BCUT2D eigenvalue weighted by atomic mass is 10.3. The van der Waals surface area contributed by atoms with Gasteiger partial charge >= 0.3 is 18.3 Å². The van der Waals surface area contributed by atoms with Crippen LogP contribution >= 0.6 is 0 Å². The first kappa shape index (κ1) is 9.54. The van der Waals surface area contributed by atoms with Crippen LogP contribution in [-0.2, 0) is 0 Å². The molecule has 0 saturated heterocycles. The van der Waals surface area contributed by atoms with Crippen LogP contribution in [0.3, 0.4) is 0 Å². The van der Waals surface area contributed by atoms with E-state index in [-0.39, 0.29) is 18.3 Å². The second kappa shape index (κ2) is 4.47. The fourth-order valence-corrected chi connectivity index (χ4v) is 5.14. The summed E-state index contributed by atoms with van der Waals surface area (Å²) in [6, 6.07) is 10.8. The first-order chi connectivity index (χ1) is 5.75. The van der Waals surface area contributed by atoms with E-state index in [1.807, 2.05) is 0 Å². The highest BCUT2D eigenvalue weighted by Gasteiger charge is 2.06. The van der Waals surface area contributed by atoms with E-state index in [0.717, 1.165) is 0 Å². The summed E-state index contributed by atoms with van der Waals surface area (Å²) in [7, 11) is -0.320. The maximum atomic E-state index is 2.62. The van der Waals surface area contributed by atoms with E-state index in [9.17, 15) is 0 Å². The van der Waals surface area contributed by atoms with Crippen LogP contribution in [0.15, 0.2) is 30.3 Å². The Bertz CT molecular complexity index is 276. The monoisotopic (exact) mass is 194 g/mol. The van der Waals surface area contributed by atoms with Gasteiger partial charge in [0.15, 0.2) is 5.69 Å². The van der Waals surface area contributed by atoms with Gasteiger partial charge in [0.1, 0.15) is 0 Å². The van der Waals surface area contributed by atoms with Gasteiger partial charge in [-0.1, -0.05) is 18.2 Å². The van der Waals surface area contributed by atoms with Gasteiger partial charge in [-0.3, -0.25) is 0 Å². The summed E-state index contributed by atoms with van der Waals surface area (Å²) in [5.41, 5.74) is 1.42. The van der Waals surface area contributed by atoms with Gasteiger partial charge in [0, 0.05) is 25.2 Å². The maximum Gasteiger partial charge on any atom is 0.314 e. The molecule has 0 fully saturated rings. The van der Waals surface area contributed by atoms with Crippen molar-refractivity contribution >= 4 is 24.0 Å². The van der Waals surface area contributed by atoms with Gasteiger partial charge in [-0.05, 0) is 6.55 Å². The lowest BCUT2D eigenvalue weighted by molar-refractivity contribution is -0.263. The normalized spacial score (nSPS) is 10.6. The van der Waals surface area contributed by atoms with Crippen LogP contribution in [-0.4, -0.2) is 22.2 Å². The molecule has 0 aliphatic rings. The largest absolute Gasteiger partial charge is 0.361 e. The van der Waals surface area contributed by atoms with Crippen molar-refractivity contribution in [2.45, 2.75) is 19.6 Å². The van der Waals surface area contributed by atoms with Crippen molar-refractivity contribution in [3.8, 4) is 0 Å². The average molecular weight is 194 g/mol. The summed E-state index contributed by atoms with van der Waals surface area (Å²) in [4.78, 5) is 0. The molecule has 0 amide bonds. The van der Waals surface area contributed by atoms with Crippen LogP contribution < -0.4 is 0 Å². The van der Waals surface area contributed by atoms with Crippen LogP contribution in [0.25, 0.3) is 0 Å². The average Bonchev–Trinajstić information content (AvgIpc) is 2.07. The minimum Gasteiger partial charge on any atom is -0.361 e. The molecule has 12 heavy (non-hydrogen) atoms. The molecular formula is C9H16NSi2+. The Morgan fingerprint density at radius 3 is 2.17 bits per heavy atom. The van der Waals surface area contributed by atoms with Gasteiger partial charge in [-0.2, -0.15) is 0 Å². The van der Waals surface area contributed by atoms with Crippen LogP contribution in [0.4, 0.5) is 5.69 Å². The van der Waals surface area contributed by atoms with E-state index in [2.05, 4.69) is 53.9 Å². The Hall–Kier alpha value is -0.546. The fourth-order valence-electron chi connectivity index (χ4n) is 1.36. The molecule has 3 heteroatoms. The molecule has 0 aliphatic carbocycles. The lowest BCUT2D eigenvalue weighted by Gasteiger charge is -2.03. The van der Waals surface area contributed by atoms with Crippen LogP contribution in [0.5, 0.6) is 0 Å². The summed E-state index contributed by atoms with van der Waals surface area (Å²) in [5.74, 6) is 0. The Kier molecular flexibility index (Phi) is 3.56. The Morgan fingerprint density at radius 2 is 1.75 bits per heavy atom. The summed E-state index contributed by atoms with van der Waals surface area (Å²) >= 11 is 0. The van der Waals surface area contributed by atoms with Gasteiger partial charge in [0.25, 0.3) is 0 Å². The molecule has 1 aromatic rings. The van der Waals surface area contributed by atoms with Crippen LogP contribution in [0, 0.1) is 0 Å². The van der Waals surface area contributed by atoms with E-state index in [1.54, 1.807) is 0 Å². The molecule has 1 nitrogen and oxygen atoms in total. The van der Waals surface area contributed by atoms with Crippen molar-refractivity contribution in [1.29, 1.82) is 0 Å². The van der Waals surface area contributed by atoms with Gasteiger partial charge in [0.05, 0.1) is 0 Å². The van der Waals surface area contributed by atoms with E-state index in [0.29, 0.717) is 0 Å². The van der Waals surface area contributed by atoms with Gasteiger partial charge in [-0.15, -0.1) is 0 Å². The van der Waals surface area contributed by atoms with E-state index in [4.69, 9.17) is 0 Å². The zero-order chi connectivity index (χ0) is 8.97. The number of hydrogen-bond acceptors (Lipinski definition) is 0. The van der Waals surface area contributed by atoms with Gasteiger partial charge in [-0.25, -0.2) is 0 Å². The standard InChI is InChI=1S/C9H16NSi2/c1-11-10(12(2)3)9-7-5-4-6-8-9/h4-8H,11H2,1-3H3/q+1. The number of rotatable bonds is 2. The minimum atomic E-state index is -0.281. The third-order valence-corrected chi connectivity index (χ3v) is 7.11. The Morgan fingerprint density at radius 1 is 1.17 bits per heavy atom. The van der Waals surface area contributed by atoms with Gasteiger partial charge in [0.2, 0.25) is 0 Å². The van der Waals surface area contributed by atoms with Gasteiger partial charge < -0.3 is 3.88 Å². The van der Waals surface area contributed by atoms with Crippen molar-refractivity contribution < 1.29 is 3.88 Å². The third-order valence-electron chi connectivity index (χ3n) is 1.92. The highest BCUT2D eigenvalue weighted by Crippen LogP contribution is 2.09. The van der Waals surface area contributed by atoms with Crippen molar-refractivity contribution in [2.75, 3.05) is 0 Å². The van der Waals surface area contributed by atoms with Crippen LogP contribution in [0.1, 0.15) is 0 Å². The van der Waals surface area contributed by atoms with Crippen molar-refractivity contribution in [3.63, 3.8) is 0 Å². The Labute approximate surface area is 78.3 Å². The quantitative estimate of drug-likeness (QED) is 0.633. The molecule has 0 radical (unpaired) electrons. The fraction of sp³-hybridized carbons (Fsp3) is 0.333. The molecule has 0 bridgehead atoms. The van der Waals surface area contributed by atoms with E-state index < -0.39 is 0 Å². The second-order valence-electron chi connectivity index (χ2n) is 3.03. The molecule has 0 aromatic heterocycles. The molecule has 64 valence electrons. The molecule has 0 atom stereocenters. The summed E-state index contributed by atoms with van der Waals surface area (Å²) in [6.07, 6.45) is 0. The SMILES string of the molecule is C[SiH2][N+](c1ccccc1)=[Si](C)C. The zero-order valence-corrected chi connectivity index (χ0v) is 10.5. The number of benzene rings is 1. The third kappa shape index (κ3) is 2.22. The van der Waals surface area contributed by atoms with Crippen molar-refractivity contribution in [3.05, 3.63) is 30.3 Å². The van der Waals surface area contributed by atoms with Crippen LogP contribution in [0.2, 0.25) is 19.6 Å². The van der Waals surface area contributed by atoms with Crippen molar-refractivity contribution in [2.24, 2.45) is 0 Å². The molecular weight excluding hydrogens is 178 g/mol. The summed E-state index contributed by atoms with van der Waals surface area (Å²) in [6.45, 7) is 7.06. The van der Waals surface area contributed by atoms with E-state index >= 15 is 0 Å².